The number of halogens is 7. The highest BCUT2D eigenvalue weighted by molar-refractivity contribution is 5.76. The van der Waals surface area contributed by atoms with Gasteiger partial charge in [0, 0.05) is 20.1 Å². The molecule has 0 aromatic heterocycles. The van der Waals surface area contributed by atoms with Gasteiger partial charge >= 0.3 is 18.4 Å². The van der Waals surface area contributed by atoms with E-state index in [2.05, 4.69) is 5.32 Å². The molecule has 0 bridgehead atoms. The van der Waals surface area contributed by atoms with Crippen molar-refractivity contribution in [3.63, 3.8) is 0 Å². The lowest BCUT2D eigenvalue weighted by atomic mass is 9.90. The molecule has 2 aromatic rings. The molecule has 0 aliphatic carbocycles. The number of benzene rings is 2. The van der Waals surface area contributed by atoms with Crippen LogP contribution in [0.5, 0.6) is 0 Å². The Labute approximate surface area is 205 Å². The van der Waals surface area contributed by atoms with Crippen LogP contribution in [-0.2, 0) is 12.4 Å². The van der Waals surface area contributed by atoms with Gasteiger partial charge in [-0.1, -0.05) is 6.07 Å². The topological polar surface area (TPSA) is 35.6 Å². The Hall–Kier alpha value is -2.82. The molecule has 198 valence electrons. The van der Waals surface area contributed by atoms with Gasteiger partial charge in [-0.2, -0.15) is 26.3 Å². The maximum atomic E-state index is 13.7. The Morgan fingerprint density at radius 3 is 2.17 bits per heavy atom. The van der Waals surface area contributed by atoms with Crippen molar-refractivity contribution in [3.05, 3.63) is 70.0 Å². The second-order valence-corrected chi connectivity index (χ2v) is 9.15. The Morgan fingerprint density at radius 2 is 1.67 bits per heavy atom. The quantitative estimate of drug-likeness (QED) is 0.454. The van der Waals surface area contributed by atoms with Crippen molar-refractivity contribution in [2.24, 2.45) is 5.92 Å². The third kappa shape index (κ3) is 5.77. The lowest BCUT2D eigenvalue weighted by Crippen LogP contribution is -2.43. The molecule has 3 atom stereocenters. The van der Waals surface area contributed by atoms with Crippen molar-refractivity contribution in [3.8, 4) is 0 Å². The number of hydrogen-bond acceptors (Lipinski definition) is 2. The van der Waals surface area contributed by atoms with E-state index in [-0.39, 0.29) is 17.5 Å². The smallest absolute Gasteiger partial charge is 0.321 e. The highest BCUT2D eigenvalue weighted by Gasteiger charge is 2.41. The highest BCUT2D eigenvalue weighted by atomic mass is 19.4. The number of likely N-dealkylation sites (tertiary alicyclic amines) is 1. The Balaban J connectivity index is 1.97. The summed E-state index contributed by atoms with van der Waals surface area (Å²) in [5.41, 5.74) is -1.77. The molecule has 11 heteroatoms. The zero-order valence-corrected chi connectivity index (χ0v) is 20.3. The molecule has 0 saturated carbocycles. The molecule has 36 heavy (non-hydrogen) atoms. The second kappa shape index (κ2) is 10.3. The number of carbonyl (C=O) groups is 1. The summed E-state index contributed by atoms with van der Waals surface area (Å²) in [6, 6.07) is 3.54. The van der Waals surface area contributed by atoms with E-state index in [0.29, 0.717) is 37.2 Å². The number of alkyl halides is 6. The van der Waals surface area contributed by atoms with E-state index in [1.807, 2.05) is 0 Å². The Morgan fingerprint density at radius 1 is 1.08 bits per heavy atom. The first-order chi connectivity index (χ1) is 16.6. The van der Waals surface area contributed by atoms with Crippen molar-refractivity contribution in [1.29, 1.82) is 0 Å². The van der Waals surface area contributed by atoms with Crippen LogP contribution in [0.15, 0.2) is 36.4 Å². The van der Waals surface area contributed by atoms with Crippen LogP contribution in [0.4, 0.5) is 35.5 Å². The molecule has 2 aromatic carbocycles. The minimum Gasteiger partial charge on any atom is -0.321 e. The van der Waals surface area contributed by atoms with Gasteiger partial charge in [0.2, 0.25) is 0 Å². The Kier molecular flexibility index (Phi) is 7.92. The number of aryl methyl sites for hydroxylation is 1. The molecule has 0 radical (unpaired) electrons. The number of urea groups is 1. The third-order valence-electron chi connectivity index (χ3n) is 6.76. The number of rotatable bonds is 5. The van der Waals surface area contributed by atoms with Crippen LogP contribution >= 0.6 is 0 Å². The summed E-state index contributed by atoms with van der Waals surface area (Å²) in [5.74, 6) is -0.440. The first-order valence-corrected chi connectivity index (χ1v) is 11.4. The van der Waals surface area contributed by atoms with Gasteiger partial charge in [0.1, 0.15) is 5.82 Å². The van der Waals surface area contributed by atoms with Crippen molar-refractivity contribution < 1.29 is 35.5 Å². The number of nitrogens with zero attached hydrogens (tertiary/aromatic N) is 2. The minimum absolute atomic E-state index is 0.0165. The number of amides is 2. The largest absolute Gasteiger partial charge is 0.416 e. The molecule has 1 fully saturated rings. The Bertz CT molecular complexity index is 1070. The molecule has 1 heterocycles. The number of hydrogen-bond donors (Lipinski definition) is 1. The lowest BCUT2D eigenvalue weighted by molar-refractivity contribution is -0.143. The van der Waals surface area contributed by atoms with E-state index >= 15 is 0 Å². The summed E-state index contributed by atoms with van der Waals surface area (Å²) < 4.78 is 93.7. The lowest BCUT2D eigenvalue weighted by Gasteiger charge is -2.35. The van der Waals surface area contributed by atoms with E-state index < -0.39 is 47.4 Å². The summed E-state index contributed by atoms with van der Waals surface area (Å²) in [7, 11) is 3.11. The fourth-order valence-electron chi connectivity index (χ4n) is 4.75. The average Bonchev–Trinajstić information content (AvgIpc) is 3.19. The number of carbonyl (C=O) groups excluding carboxylic acids is 1. The van der Waals surface area contributed by atoms with Gasteiger partial charge in [0.05, 0.1) is 23.2 Å². The standard InChI is InChI=1S/C25H28F7N3O/c1-14-9-20(26)5-6-21(14)22-16(13-33-3)7-8-35(22)23(36)34(4)15(2)17-10-18(24(27,28)29)12-19(11-17)25(30,31)32/h5-6,9-12,15-16,22,33H,7-8,13H2,1-4H3/t15-,16-,22+/m0/s1. The van der Waals surface area contributed by atoms with Gasteiger partial charge in [0.25, 0.3) is 0 Å². The van der Waals surface area contributed by atoms with Crippen LogP contribution < -0.4 is 5.32 Å². The maximum absolute atomic E-state index is 13.7. The van der Waals surface area contributed by atoms with E-state index in [1.165, 1.54) is 26.1 Å². The zero-order chi connectivity index (χ0) is 27.0. The monoisotopic (exact) mass is 519 g/mol. The van der Waals surface area contributed by atoms with Crippen LogP contribution in [0.3, 0.4) is 0 Å². The second-order valence-electron chi connectivity index (χ2n) is 9.15. The first kappa shape index (κ1) is 27.8. The molecule has 3 rings (SSSR count). The molecule has 1 N–H and O–H groups in total. The molecule has 1 saturated heterocycles. The summed E-state index contributed by atoms with van der Waals surface area (Å²) in [4.78, 5) is 16.2. The molecule has 0 unspecified atom stereocenters. The zero-order valence-electron chi connectivity index (χ0n) is 20.3. The summed E-state index contributed by atoms with van der Waals surface area (Å²) in [6.07, 6.45) is -9.35. The van der Waals surface area contributed by atoms with Crippen molar-refractivity contribution >= 4 is 6.03 Å². The van der Waals surface area contributed by atoms with Crippen LogP contribution in [0, 0.1) is 18.7 Å². The first-order valence-electron chi connectivity index (χ1n) is 11.4. The molecular formula is C25H28F7N3O. The fourth-order valence-corrected chi connectivity index (χ4v) is 4.75. The predicted molar refractivity (Wildman–Crippen MR) is 121 cm³/mol. The summed E-state index contributed by atoms with van der Waals surface area (Å²) in [6.45, 7) is 4.00. The van der Waals surface area contributed by atoms with Crippen LogP contribution in [0.2, 0.25) is 0 Å². The van der Waals surface area contributed by atoms with Crippen molar-refractivity contribution in [1.82, 2.24) is 15.1 Å². The summed E-state index contributed by atoms with van der Waals surface area (Å²) in [5, 5.41) is 3.08. The van der Waals surface area contributed by atoms with E-state index in [9.17, 15) is 35.5 Å². The molecule has 2 amide bonds. The molecular weight excluding hydrogens is 491 g/mol. The van der Waals surface area contributed by atoms with Crippen LogP contribution in [-0.4, -0.2) is 43.0 Å². The maximum Gasteiger partial charge on any atom is 0.416 e. The van der Waals surface area contributed by atoms with Crippen molar-refractivity contribution in [2.45, 2.75) is 44.7 Å². The predicted octanol–water partition coefficient (Wildman–Crippen LogP) is 6.57. The molecule has 1 aliphatic rings. The fraction of sp³-hybridized carbons (Fsp3) is 0.480. The van der Waals surface area contributed by atoms with Gasteiger partial charge < -0.3 is 15.1 Å². The van der Waals surface area contributed by atoms with Crippen LogP contribution in [0.1, 0.15) is 53.2 Å². The average molecular weight is 520 g/mol. The molecule has 1 aliphatic heterocycles. The van der Waals surface area contributed by atoms with Gasteiger partial charge in [-0.25, -0.2) is 9.18 Å². The van der Waals surface area contributed by atoms with E-state index in [1.54, 1.807) is 24.9 Å². The van der Waals surface area contributed by atoms with Gasteiger partial charge in [0.15, 0.2) is 0 Å². The minimum atomic E-state index is -4.99. The normalized spacial score (nSPS) is 19.5. The molecule has 4 nitrogen and oxygen atoms in total. The van der Waals surface area contributed by atoms with E-state index in [0.717, 1.165) is 10.5 Å². The molecule has 0 spiro atoms. The van der Waals surface area contributed by atoms with Gasteiger partial charge in [-0.05, 0) is 80.3 Å². The summed E-state index contributed by atoms with van der Waals surface area (Å²) >= 11 is 0. The van der Waals surface area contributed by atoms with E-state index in [4.69, 9.17) is 0 Å². The van der Waals surface area contributed by atoms with Gasteiger partial charge in [-0.15, -0.1) is 0 Å². The third-order valence-corrected chi connectivity index (χ3v) is 6.76. The van der Waals surface area contributed by atoms with Gasteiger partial charge in [-0.3, -0.25) is 0 Å². The van der Waals surface area contributed by atoms with Crippen molar-refractivity contribution in [2.75, 3.05) is 27.2 Å². The van der Waals surface area contributed by atoms with Crippen LogP contribution in [0.25, 0.3) is 0 Å². The number of nitrogens with one attached hydrogen (secondary N) is 1. The SMILES string of the molecule is CNC[C@@H]1CCN(C(=O)N(C)[C@@H](C)c2cc(C(F)(F)F)cc(C(F)(F)F)c2)[C@H]1c1ccc(F)cc1C. The highest BCUT2D eigenvalue weighted by Crippen LogP contribution is 2.41.